The third-order valence-corrected chi connectivity index (χ3v) is 9.97. The highest BCUT2D eigenvalue weighted by molar-refractivity contribution is 5.82. The quantitative estimate of drug-likeness (QED) is 0.595. The summed E-state index contributed by atoms with van der Waals surface area (Å²) < 4.78 is 6.45. The largest absolute Gasteiger partial charge is 0.375 e. The Balaban J connectivity index is 1.11. The lowest BCUT2D eigenvalue weighted by Gasteiger charge is -2.46. The van der Waals surface area contributed by atoms with Crippen LogP contribution < -0.4 is 5.32 Å². The Bertz CT molecular complexity index is 1120. The fraction of sp³-hybridized carbons (Fsp3) is 0.613. The first kappa shape index (κ1) is 22.9. The van der Waals surface area contributed by atoms with Gasteiger partial charge in [-0.15, -0.1) is 0 Å². The minimum absolute atomic E-state index is 0.0537. The van der Waals surface area contributed by atoms with Crippen LogP contribution in [0.1, 0.15) is 98.7 Å². The molecule has 1 aromatic heterocycles. The van der Waals surface area contributed by atoms with Crippen LogP contribution in [0.4, 0.5) is 0 Å². The monoisotopic (exact) mass is 485 g/mol. The Morgan fingerprint density at radius 1 is 1.11 bits per heavy atom. The highest BCUT2D eigenvalue weighted by Crippen LogP contribution is 2.51. The lowest BCUT2D eigenvalue weighted by atomic mass is 9.68. The van der Waals surface area contributed by atoms with E-state index < -0.39 is 0 Å². The van der Waals surface area contributed by atoms with Gasteiger partial charge in [0, 0.05) is 42.4 Å². The van der Waals surface area contributed by atoms with Crippen molar-refractivity contribution in [3.8, 4) is 0 Å². The maximum Gasteiger partial charge on any atom is 0.226 e. The van der Waals surface area contributed by atoms with Gasteiger partial charge in [-0.3, -0.25) is 9.78 Å². The van der Waals surface area contributed by atoms with Crippen LogP contribution in [-0.2, 0) is 21.4 Å². The Hall–Kier alpha value is -2.24. The second-order valence-electron chi connectivity index (χ2n) is 12.1. The smallest absolute Gasteiger partial charge is 0.226 e. The van der Waals surface area contributed by atoms with E-state index in [-0.39, 0.29) is 17.1 Å². The van der Waals surface area contributed by atoms with Crippen molar-refractivity contribution in [3.63, 3.8) is 0 Å². The molecule has 3 aliphatic carbocycles. The van der Waals surface area contributed by atoms with E-state index in [4.69, 9.17) is 9.72 Å². The second kappa shape index (κ2) is 8.95. The zero-order chi connectivity index (χ0) is 24.2. The van der Waals surface area contributed by atoms with Crippen molar-refractivity contribution >= 4 is 5.91 Å². The van der Waals surface area contributed by atoms with E-state index >= 15 is 0 Å². The second-order valence-corrected chi connectivity index (χ2v) is 12.1. The number of benzene rings is 1. The van der Waals surface area contributed by atoms with Gasteiger partial charge in [0.25, 0.3) is 0 Å². The van der Waals surface area contributed by atoms with Gasteiger partial charge < -0.3 is 15.0 Å². The zero-order valence-corrected chi connectivity index (χ0v) is 21.4. The highest BCUT2D eigenvalue weighted by Gasteiger charge is 2.49. The lowest BCUT2D eigenvalue weighted by molar-refractivity contribution is -0.135. The van der Waals surface area contributed by atoms with Crippen LogP contribution in [0.2, 0.25) is 0 Å². The summed E-state index contributed by atoms with van der Waals surface area (Å²) in [5.41, 5.74) is 5.70. The predicted molar refractivity (Wildman–Crippen MR) is 140 cm³/mol. The van der Waals surface area contributed by atoms with Gasteiger partial charge in [0.15, 0.2) is 0 Å². The van der Waals surface area contributed by atoms with E-state index in [1.807, 2.05) is 12.3 Å². The number of amides is 1. The SMILES string of the molecule is O=C(C1CC1)N1CCc2cccc3c2C1CC3NCC[C@@]1(c2ccccn2)CCOC2(CCCC2)C1. The van der Waals surface area contributed by atoms with E-state index in [2.05, 4.69) is 40.5 Å². The standard InChI is InChI=1S/C31H39N3O2/c35-29(23-9-10-23)34-18-11-22-6-5-7-24-25(20-26(34)28(22)24)32-17-14-30(27-8-1-4-16-33-27)15-19-36-31(21-30)12-2-3-13-31/h1,4-8,16,23,25-26,32H,2-3,9-15,17-21H2/t25?,26?,30-/m1/s1. The van der Waals surface area contributed by atoms with E-state index in [0.717, 1.165) is 64.6 Å². The number of pyridine rings is 1. The molecule has 3 fully saturated rings. The molecule has 1 aromatic carbocycles. The molecule has 2 saturated carbocycles. The summed E-state index contributed by atoms with van der Waals surface area (Å²) in [6.45, 7) is 2.69. The van der Waals surface area contributed by atoms with Gasteiger partial charge in [0.05, 0.1) is 11.6 Å². The summed E-state index contributed by atoms with van der Waals surface area (Å²) in [5.74, 6) is 0.694. The van der Waals surface area contributed by atoms with E-state index in [0.29, 0.717) is 17.9 Å². The third kappa shape index (κ3) is 3.90. The number of rotatable bonds is 6. The fourth-order valence-electron chi connectivity index (χ4n) is 8.01. The Kier molecular flexibility index (Phi) is 5.70. The van der Waals surface area contributed by atoms with Crippen molar-refractivity contribution in [2.75, 3.05) is 19.7 Å². The molecule has 190 valence electrons. The van der Waals surface area contributed by atoms with Gasteiger partial charge in [-0.05, 0) is 93.2 Å². The molecule has 2 unspecified atom stereocenters. The summed E-state index contributed by atoms with van der Waals surface area (Å²) in [6, 6.07) is 13.8. The molecule has 2 aliphatic heterocycles. The lowest BCUT2D eigenvalue weighted by Crippen LogP contribution is -2.47. The number of nitrogens with one attached hydrogen (secondary N) is 1. The molecule has 36 heavy (non-hydrogen) atoms. The average molecular weight is 486 g/mol. The molecule has 1 spiro atoms. The minimum atomic E-state index is 0.0537. The van der Waals surface area contributed by atoms with Crippen molar-refractivity contribution in [2.45, 2.75) is 93.7 Å². The number of ether oxygens (including phenoxy) is 1. The van der Waals surface area contributed by atoms with Gasteiger partial charge in [-0.2, -0.15) is 0 Å². The predicted octanol–water partition coefficient (Wildman–Crippen LogP) is 5.40. The summed E-state index contributed by atoms with van der Waals surface area (Å²) in [6.07, 6.45) is 14.3. The van der Waals surface area contributed by atoms with Crippen LogP contribution in [0.5, 0.6) is 0 Å². The molecule has 3 atom stereocenters. The van der Waals surface area contributed by atoms with Gasteiger partial charge in [-0.1, -0.05) is 37.1 Å². The molecular weight excluding hydrogens is 446 g/mol. The van der Waals surface area contributed by atoms with Crippen molar-refractivity contribution in [3.05, 3.63) is 65.0 Å². The van der Waals surface area contributed by atoms with Crippen molar-refractivity contribution in [1.29, 1.82) is 0 Å². The molecule has 1 amide bonds. The van der Waals surface area contributed by atoms with Gasteiger partial charge >= 0.3 is 0 Å². The zero-order valence-electron chi connectivity index (χ0n) is 21.4. The molecule has 1 N–H and O–H groups in total. The molecule has 7 rings (SSSR count). The number of nitrogens with zero attached hydrogens (tertiary/aromatic N) is 2. The van der Waals surface area contributed by atoms with Crippen LogP contribution in [0.3, 0.4) is 0 Å². The maximum atomic E-state index is 13.1. The average Bonchev–Trinajstić information content (AvgIpc) is 3.58. The number of aromatic nitrogens is 1. The van der Waals surface area contributed by atoms with Crippen LogP contribution in [-0.4, -0.2) is 41.1 Å². The first-order valence-electron chi connectivity index (χ1n) is 14.4. The van der Waals surface area contributed by atoms with Crippen LogP contribution >= 0.6 is 0 Å². The first-order valence-corrected chi connectivity index (χ1v) is 14.4. The Morgan fingerprint density at radius 2 is 2.00 bits per heavy atom. The molecule has 1 saturated heterocycles. The summed E-state index contributed by atoms with van der Waals surface area (Å²) in [7, 11) is 0. The summed E-state index contributed by atoms with van der Waals surface area (Å²) in [4.78, 5) is 20.2. The normalized spacial score (nSPS) is 30.5. The van der Waals surface area contributed by atoms with Gasteiger partial charge in [0.1, 0.15) is 0 Å². The number of hydrogen-bond acceptors (Lipinski definition) is 4. The molecule has 3 heterocycles. The van der Waals surface area contributed by atoms with Crippen LogP contribution in [0.15, 0.2) is 42.6 Å². The number of hydrogen-bond donors (Lipinski definition) is 1. The van der Waals surface area contributed by atoms with E-state index in [1.54, 1.807) is 0 Å². The molecule has 5 heteroatoms. The molecule has 0 radical (unpaired) electrons. The van der Waals surface area contributed by atoms with Crippen molar-refractivity contribution < 1.29 is 9.53 Å². The van der Waals surface area contributed by atoms with Crippen molar-refractivity contribution in [1.82, 2.24) is 15.2 Å². The molecular formula is C31H39N3O2. The molecule has 5 aliphatic rings. The van der Waals surface area contributed by atoms with Crippen LogP contribution in [0, 0.1) is 5.92 Å². The molecule has 5 nitrogen and oxygen atoms in total. The minimum Gasteiger partial charge on any atom is -0.375 e. The Labute approximate surface area is 215 Å². The van der Waals surface area contributed by atoms with E-state index in [1.165, 1.54) is 48.1 Å². The Morgan fingerprint density at radius 3 is 2.81 bits per heavy atom. The number of carbonyl (C=O) groups excluding carboxylic acids is 1. The first-order chi connectivity index (χ1) is 17.7. The maximum absolute atomic E-state index is 13.1. The van der Waals surface area contributed by atoms with Gasteiger partial charge in [0.2, 0.25) is 5.91 Å². The molecule has 2 aromatic rings. The van der Waals surface area contributed by atoms with Crippen LogP contribution in [0.25, 0.3) is 0 Å². The summed E-state index contributed by atoms with van der Waals surface area (Å²) >= 11 is 0. The fourth-order valence-corrected chi connectivity index (χ4v) is 8.01. The molecule has 0 bridgehead atoms. The van der Waals surface area contributed by atoms with Gasteiger partial charge in [-0.25, -0.2) is 0 Å². The highest BCUT2D eigenvalue weighted by atomic mass is 16.5. The topological polar surface area (TPSA) is 54.5 Å². The van der Waals surface area contributed by atoms with E-state index in [9.17, 15) is 4.79 Å². The summed E-state index contributed by atoms with van der Waals surface area (Å²) in [5, 5.41) is 3.98. The van der Waals surface area contributed by atoms with Crippen molar-refractivity contribution in [2.24, 2.45) is 5.92 Å². The number of carbonyl (C=O) groups is 1. The third-order valence-electron chi connectivity index (χ3n) is 9.97.